The van der Waals surface area contributed by atoms with Gasteiger partial charge in [0.1, 0.15) is 0 Å². The zero-order chi connectivity index (χ0) is 11.4. The summed E-state index contributed by atoms with van der Waals surface area (Å²) in [5.74, 6) is 0. The number of nitrogens with one attached hydrogen (secondary N) is 1. The molecule has 1 heterocycles. The standard InChI is InChI=1S/C14H17NS/c1-11-6-3-4-7-13(11)10-15-12(2)14-8-5-9-16-14/h3-9,12,15H,10H2,1-2H3/t12-/m0/s1. The summed E-state index contributed by atoms with van der Waals surface area (Å²) in [4.78, 5) is 1.40. The smallest absolute Gasteiger partial charge is 0.0388 e. The molecule has 0 radical (unpaired) electrons. The molecule has 0 saturated carbocycles. The highest BCUT2D eigenvalue weighted by Crippen LogP contribution is 2.19. The highest BCUT2D eigenvalue weighted by atomic mass is 32.1. The number of hydrogen-bond acceptors (Lipinski definition) is 2. The zero-order valence-corrected chi connectivity index (χ0v) is 10.6. The summed E-state index contributed by atoms with van der Waals surface area (Å²) in [6.45, 7) is 5.31. The van der Waals surface area contributed by atoms with Gasteiger partial charge in [0.2, 0.25) is 0 Å². The van der Waals surface area contributed by atoms with E-state index in [1.165, 1.54) is 16.0 Å². The first-order chi connectivity index (χ1) is 7.77. The van der Waals surface area contributed by atoms with Gasteiger partial charge in [-0.2, -0.15) is 0 Å². The maximum atomic E-state index is 3.55. The van der Waals surface area contributed by atoms with Gasteiger partial charge in [-0.05, 0) is 36.4 Å². The number of rotatable bonds is 4. The van der Waals surface area contributed by atoms with Crippen molar-refractivity contribution >= 4 is 11.3 Å². The van der Waals surface area contributed by atoms with Gasteiger partial charge in [-0.1, -0.05) is 30.3 Å². The molecule has 1 aromatic heterocycles. The summed E-state index contributed by atoms with van der Waals surface area (Å²) in [6, 6.07) is 13.2. The minimum Gasteiger partial charge on any atom is -0.305 e. The molecule has 2 aromatic rings. The van der Waals surface area contributed by atoms with E-state index in [9.17, 15) is 0 Å². The molecule has 1 nitrogen and oxygen atoms in total. The van der Waals surface area contributed by atoms with Crippen LogP contribution in [-0.2, 0) is 6.54 Å². The monoisotopic (exact) mass is 231 g/mol. The van der Waals surface area contributed by atoms with Crippen molar-refractivity contribution in [2.75, 3.05) is 0 Å². The van der Waals surface area contributed by atoms with Gasteiger partial charge in [0, 0.05) is 17.5 Å². The summed E-state index contributed by atoms with van der Waals surface area (Å²) in [5.41, 5.74) is 2.74. The fourth-order valence-electron chi connectivity index (χ4n) is 1.71. The Labute approximate surface area is 101 Å². The molecule has 1 N–H and O–H groups in total. The van der Waals surface area contributed by atoms with Crippen molar-refractivity contribution in [1.29, 1.82) is 0 Å². The Balaban J connectivity index is 1.95. The summed E-state index contributed by atoms with van der Waals surface area (Å²) < 4.78 is 0. The molecule has 0 fully saturated rings. The lowest BCUT2D eigenvalue weighted by Crippen LogP contribution is -2.17. The minimum absolute atomic E-state index is 0.430. The van der Waals surface area contributed by atoms with Crippen molar-refractivity contribution in [3.05, 3.63) is 57.8 Å². The fourth-order valence-corrected chi connectivity index (χ4v) is 2.47. The Morgan fingerprint density at radius 3 is 2.69 bits per heavy atom. The second-order valence-corrected chi connectivity index (χ2v) is 5.02. The molecule has 0 saturated heterocycles. The molecule has 2 rings (SSSR count). The molecular weight excluding hydrogens is 214 g/mol. The van der Waals surface area contributed by atoms with Gasteiger partial charge in [-0.15, -0.1) is 11.3 Å². The summed E-state index contributed by atoms with van der Waals surface area (Å²) >= 11 is 1.81. The fraction of sp³-hybridized carbons (Fsp3) is 0.286. The van der Waals surface area contributed by atoms with Crippen LogP contribution >= 0.6 is 11.3 Å². The van der Waals surface area contributed by atoms with Crippen molar-refractivity contribution in [2.45, 2.75) is 26.4 Å². The van der Waals surface area contributed by atoms with Crippen molar-refractivity contribution in [3.63, 3.8) is 0 Å². The molecule has 16 heavy (non-hydrogen) atoms. The Kier molecular flexibility index (Phi) is 3.75. The molecule has 1 aromatic carbocycles. The van der Waals surface area contributed by atoms with E-state index in [1.54, 1.807) is 0 Å². The highest BCUT2D eigenvalue weighted by molar-refractivity contribution is 7.10. The van der Waals surface area contributed by atoms with E-state index in [-0.39, 0.29) is 0 Å². The Bertz CT molecular complexity index is 434. The minimum atomic E-state index is 0.430. The first kappa shape index (κ1) is 11.4. The van der Waals surface area contributed by atoms with Crippen LogP contribution in [0.4, 0.5) is 0 Å². The van der Waals surface area contributed by atoms with Crippen LogP contribution in [0.5, 0.6) is 0 Å². The normalized spacial score (nSPS) is 12.6. The maximum absolute atomic E-state index is 3.55. The third-order valence-corrected chi connectivity index (χ3v) is 3.88. The average Bonchev–Trinajstić information content (AvgIpc) is 2.81. The molecule has 0 aliphatic rings. The first-order valence-corrected chi connectivity index (χ1v) is 6.46. The predicted octanol–water partition coefficient (Wildman–Crippen LogP) is 3.91. The molecule has 0 bridgehead atoms. The largest absolute Gasteiger partial charge is 0.305 e. The van der Waals surface area contributed by atoms with Gasteiger partial charge in [-0.3, -0.25) is 0 Å². The van der Waals surface area contributed by atoms with Gasteiger partial charge in [0.15, 0.2) is 0 Å². The summed E-state index contributed by atoms with van der Waals surface area (Å²) in [7, 11) is 0. The van der Waals surface area contributed by atoms with E-state index in [0.29, 0.717) is 6.04 Å². The van der Waals surface area contributed by atoms with Gasteiger partial charge in [-0.25, -0.2) is 0 Å². The number of thiophene rings is 1. The van der Waals surface area contributed by atoms with Crippen LogP contribution in [0.3, 0.4) is 0 Å². The van der Waals surface area contributed by atoms with Gasteiger partial charge >= 0.3 is 0 Å². The zero-order valence-electron chi connectivity index (χ0n) is 9.73. The lowest BCUT2D eigenvalue weighted by Gasteiger charge is -2.13. The highest BCUT2D eigenvalue weighted by Gasteiger charge is 2.05. The molecule has 0 aliphatic heterocycles. The molecule has 2 heteroatoms. The third kappa shape index (κ3) is 2.71. The van der Waals surface area contributed by atoms with E-state index in [0.717, 1.165) is 6.54 Å². The maximum Gasteiger partial charge on any atom is 0.0388 e. The van der Waals surface area contributed by atoms with Crippen LogP contribution in [-0.4, -0.2) is 0 Å². The number of aryl methyl sites for hydroxylation is 1. The lowest BCUT2D eigenvalue weighted by molar-refractivity contribution is 0.581. The van der Waals surface area contributed by atoms with E-state index in [2.05, 4.69) is 60.9 Å². The Morgan fingerprint density at radius 2 is 2.00 bits per heavy atom. The SMILES string of the molecule is Cc1ccccc1CN[C@@H](C)c1cccs1. The van der Waals surface area contributed by atoms with Gasteiger partial charge in [0.25, 0.3) is 0 Å². The van der Waals surface area contributed by atoms with Gasteiger partial charge < -0.3 is 5.32 Å². The van der Waals surface area contributed by atoms with Crippen LogP contribution in [0.15, 0.2) is 41.8 Å². The number of benzene rings is 1. The number of hydrogen-bond donors (Lipinski definition) is 1. The van der Waals surface area contributed by atoms with E-state index in [4.69, 9.17) is 0 Å². The van der Waals surface area contributed by atoms with Crippen LogP contribution in [0.25, 0.3) is 0 Å². The predicted molar refractivity (Wildman–Crippen MR) is 70.8 cm³/mol. The van der Waals surface area contributed by atoms with Crippen LogP contribution < -0.4 is 5.32 Å². The molecule has 0 aliphatic carbocycles. The summed E-state index contributed by atoms with van der Waals surface area (Å²) in [5, 5.41) is 5.68. The van der Waals surface area contributed by atoms with Crippen molar-refractivity contribution < 1.29 is 0 Å². The van der Waals surface area contributed by atoms with Crippen LogP contribution in [0, 0.1) is 6.92 Å². The molecule has 0 unspecified atom stereocenters. The van der Waals surface area contributed by atoms with E-state index >= 15 is 0 Å². The molecule has 0 amide bonds. The Hall–Kier alpha value is -1.12. The Morgan fingerprint density at radius 1 is 1.19 bits per heavy atom. The van der Waals surface area contributed by atoms with E-state index < -0.39 is 0 Å². The van der Waals surface area contributed by atoms with Crippen LogP contribution in [0.1, 0.15) is 29.0 Å². The second kappa shape index (κ2) is 5.28. The topological polar surface area (TPSA) is 12.0 Å². The molecular formula is C14H17NS. The quantitative estimate of drug-likeness (QED) is 0.841. The van der Waals surface area contributed by atoms with E-state index in [1.807, 2.05) is 11.3 Å². The lowest BCUT2D eigenvalue weighted by atomic mass is 10.1. The summed E-state index contributed by atoms with van der Waals surface area (Å²) in [6.07, 6.45) is 0. The van der Waals surface area contributed by atoms with Crippen molar-refractivity contribution in [3.8, 4) is 0 Å². The first-order valence-electron chi connectivity index (χ1n) is 5.58. The molecule has 0 spiro atoms. The average molecular weight is 231 g/mol. The van der Waals surface area contributed by atoms with Crippen molar-refractivity contribution in [1.82, 2.24) is 5.32 Å². The second-order valence-electron chi connectivity index (χ2n) is 4.04. The van der Waals surface area contributed by atoms with Gasteiger partial charge in [0.05, 0.1) is 0 Å². The molecule has 1 atom stereocenters. The third-order valence-electron chi connectivity index (χ3n) is 2.83. The van der Waals surface area contributed by atoms with Crippen LogP contribution in [0.2, 0.25) is 0 Å². The molecule has 84 valence electrons. The van der Waals surface area contributed by atoms with Crippen molar-refractivity contribution in [2.24, 2.45) is 0 Å².